The zero-order chi connectivity index (χ0) is 14.5. The minimum Gasteiger partial charge on any atom is -0.475 e. The summed E-state index contributed by atoms with van der Waals surface area (Å²) in [5.74, 6) is 1.23. The second-order valence-corrected chi connectivity index (χ2v) is 5.59. The van der Waals surface area contributed by atoms with Gasteiger partial charge in [0.05, 0.1) is 6.10 Å². The van der Waals surface area contributed by atoms with E-state index in [1.165, 1.54) is 12.8 Å². The summed E-state index contributed by atoms with van der Waals surface area (Å²) in [4.78, 5) is 16.0. The molecule has 20 heavy (non-hydrogen) atoms. The molecule has 1 saturated carbocycles. The maximum absolute atomic E-state index is 11.8. The molecule has 0 radical (unpaired) electrons. The third-order valence-electron chi connectivity index (χ3n) is 3.32. The molecular formula is C15H23N3O2. The third-order valence-corrected chi connectivity index (χ3v) is 3.32. The minimum atomic E-state index is -0.135. The summed E-state index contributed by atoms with van der Waals surface area (Å²) in [5.41, 5.74) is 0.885. The van der Waals surface area contributed by atoms with Gasteiger partial charge in [0, 0.05) is 24.3 Å². The molecule has 1 unspecified atom stereocenters. The number of pyridine rings is 1. The molecule has 2 rings (SSSR count). The van der Waals surface area contributed by atoms with E-state index in [4.69, 9.17) is 4.74 Å². The van der Waals surface area contributed by atoms with Crippen LogP contribution in [0.25, 0.3) is 0 Å². The molecule has 0 aromatic carbocycles. The van der Waals surface area contributed by atoms with Crippen LogP contribution in [0.5, 0.6) is 5.88 Å². The number of ether oxygens (including phenoxy) is 1. The number of aromatic nitrogens is 1. The molecule has 110 valence electrons. The van der Waals surface area contributed by atoms with Crippen LogP contribution in [0.15, 0.2) is 18.3 Å². The molecule has 1 aromatic rings. The lowest BCUT2D eigenvalue weighted by atomic mass is 10.2. The lowest BCUT2D eigenvalue weighted by molar-refractivity contribution is 0.227. The van der Waals surface area contributed by atoms with Crippen molar-refractivity contribution in [1.82, 2.24) is 15.6 Å². The van der Waals surface area contributed by atoms with Crippen LogP contribution in [0.4, 0.5) is 4.79 Å². The van der Waals surface area contributed by atoms with E-state index in [-0.39, 0.29) is 18.2 Å². The summed E-state index contributed by atoms with van der Waals surface area (Å²) < 4.78 is 5.62. The van der Waals surface area contributed by atoms with Gasteiger partial charge in [0.25, 0.3) is 0 Å². The second-order valence-electron chi connectivity index (χ2n) is 5.59. The number of urea groups is 1. The second kappa shape index (κ2) is 6.59. The van der Waals surface area contributed by atoms with Crippen molar-refractivity contribution in [1.29, 1.82) is 0 Å². The zero-order valence-corrected chi connectivity index (χ0v) is 12.3. The SMILES string of the molecule is CC(C)Oc1ncccc1CNC(=O)NC(C)C1CC1. The first-order chi connectivity index (χ1) is 9.56. The number of hydrogen-bond acceptors (Lipinski definition) is 3. The van der Waals surface area contributed by atoms with Gasteiger partial charge in [-0.2, -0.15) is 0 Å². The van der Waals surface area contributed by atoms with E-state index >= 15 is 0 Å². The fourth-order valence-electron chi connectivity index (χ4n) is 2.04. The molecule has 1 heterocycles. The van der Waals surface area contributed by atoms with Gasteiger partial charge in [0.1, 0.15) is 0 Å². The molecule has 0 spiro atoms. The predicted octanol–water partition coefficient (Wildman–Crippen LogP) is 2.47. The number of rotatable bonds is 6. The standard InChI is InChI=1S/C15H23N3O2/c1-10(2)20-14-13(5-4-8-16-14)9-17-15(19)18-11(3)12-6-7-12/h4-5,8,10-12H,6-7,9H2,1-3H3,(H2,17,18,19). The van der Waals surface area contributed by atoms with Gasteiger partial charge in [-0.15, -0.1) is 0 Å². The Balaban J connectivity index is 1.84. The number of amides is 2. The molecule has 0 saturated heterocycles. The lowest BCUT2D eigenvalue weighted by Crippen LogP contribution is -2.41. The van der Waals surface area contributed by atoms with Crippen LogP contribution in [0.2, 0.25) is 0 Å². The molecule has 2 amide bonds. The van der Waals surface area contributed by atoms with Crippen molar-refractivity contribution in [2.24, 2.45) is 5.92 Å². The van der Waals surface area contributed by atoms with Gasteiger partial charge >= 0.3 is 6.03 Å². The predicted molar refractivity (Wildman–Crippen MR) is 77.6 cm³/mol. The minimum absolute atomic E-state index is 0.0624. The highest BCUT2D eigenvalue weighted by Gasteiger charge is 2.28. The lowest BCUT2D eigenvalue weighted by Gasteiger charge is -2.15. The van der Waals surface area contributed by atoms with E-state index in [9.17, 15) is 4.79 Å². The van der Waals surface area contributed by atoms with Gasteiger partial charge in [-0.25, -0.2) is 9.78 Å². The highest BCUT2D eigenvalue weighted by atomic mass is 16.5. The first-order valence-electron chi connectivity index (χ1n) is 7.21. The van der Waals surface area contributed by atoms with Crippen molar-refractivity contribution < 1.29 is 9.53 Å². The van der Waals surface area contributed by atoms with Gasteiger partial charge < -0.3 is 15.4 Å². The summed E-state index contributed by atoms with van der Waals surface area (Å²) in [6.45, 7) is 6.37. The molecule has 0 bridgehead atoms. The number of carbonyl (C=O) groups excluding carboxylic acids is 1. The molecule has 1 fully saturated rings. The Morgan fingerprint density at radius 1 is 1.45 bits per heavy atom. The van der Waals surface area contributed by atoms with Crippen molar-refractivity contribution in [3.8, 4) is 5.88 Å². The molecule has 1 aliphatic carbocycles. The molecule has 1 aliphatic rings. The molecule has 5 nitrogen and oxygen atoms in total. The summed E-state index contributed by atoms with van der Waals surface area (Å²) >= 11 is 0. The summed E-state index contributed by atoms with van der Waals surface area (Å²) in [5, 5.41) is 5.82. The van der Waals surface area contributed by atoms with E-state index in [0.29, 0.717) is 18.3 Å². The van der Waals surface area contributed by atoms with Gasteiger partial charge in [0.15, 0.2) is 0 Å². The highest BCUT2D eigenvalue weighted by molar-refractivity contribution is 5.74. The zero-order valence-electron chi connectivity index (χ0n) is 12.3. The monoisotopic (exact) mass is 277 g/mol. The van der Waals surface area contributed by atoms with E-state index in [1.807, 2.05) is 26.0 Å². The Kier molecular flexibility index (Phi) is 4.82. The van der Waals surface area contributed by atoms with E-state index < -0.39 is 0 Å². The smallest absolute Gasteiger partial charge is 0.315 e. The fourth-order valence-corrected chi connectivity index (χ4v) is 2.04. The van der Waals surface area contributed by atoms with Crippen LogP contribution in [0.3, 0.4) is 0 Å². The summed E-state index contributed by atoms with van der Waals surface area (Å²) in [7, 11) is 0. The average Bonchev–Trinajstić information content (AvgIpc) is 3.21. The Morgan fingerprint density at radius 3 is 2.85 bits per heavy atom. The highest BCUT2D eigenvalue weighted by Crippen LogP contribution is 2.32. The Labute approximate surface area is 120 Å². The summed E-state index contributed by atoms with van der Waals surface area (Å²) in [6.07, 6.45) is 4.19. The molecule has 1 aromatic heterocycles. The molecule has 2 N–H and O–H groups in total. The number of nitrogens with zero attached hydrogens (tertiary/aromatic N) is 1. The first-order valence-corrected chi connectivity index (χ1v) is 7.21. The molecule has 1 atom stereocenters. The van der Waals surface area contributed by atoms with E-state index in [0.717, 1.165) is 5.56 Å². The molecule has 0 aliphatic heterocycles. The van der Waals surface area contributed by atoms with Crippen LogP contribution < -0.4 is 15.4 Å². The number of nitrogens with one attached hydrogen (secondary N) is 2. The van der Waals surface area contributed by atoms with Crippen LogP contribution in [-0.4, -0.2) is 23.2 Å². The van der Waals surface area contributed by atoms with Gasteiger partial charge in [0.2, 0.25) is 5.88 Å². The van der Waals surface area contributed by atoms with Gasteiger partial charge in [-0.05, 0) is 45.6 Å². The van der Waals surface area contributed by atoms with Gasteiger partial charge in [-0.3, -0.25) is 0 Å². The Bertz CT molecular complexity index is 458. The van der Waals surface area contributed by atoms with E-state index in [1.54, 1.807) is 6.20 Å². The van der Waals surface area contributed by atoms with Crippen LogP contribution in [0, 0.1) is 5.92 Å². The number of carbonyl (C=O) groups is 1. The van der Waals surface area contributed by atoms with E-state index in [2.05, 4.69) is 22.5 Å². The quantitative estimate of drug-likeness (QED) is 0.839. The molecule has 5 heteroatoms. The van der Waals surface area contributed by atoms with Crippen molar-refractivity contribution in [3.05, 3.63) is 23.9 Å². The Morgan fingerprint density at radius 2 is 2.20 bits per heavy atom. The van der Waals surface area contributed by atoms with Crippen LogP contribution >= 0.6 is 0 Å². The maximum atomic E-state index is 11.8. The van der Waals surface area contributed by atoms with Crippen LogP contribution in [0.1, 0.15) is 39.2 Å². The number of hydrogen-bond donors (Lipinski definition) is 2. The van der Waals surface area contributed by atoms with Crippen molar-refractivity contribution in [2.75, 3.05) is 0 Å². The van der Waals surface area contributed by atoms with Gasteiger partial charge in [-0.1, -0.05) is 6.07 Å². The van der Waals surface area contributed by atoms with Crippen molar-refractivity contribution >= 4 is 6.03 Å². The third kappa shape index (κ3) is 4.40. The van der Waals surface area contributed by atoms with Crippen LogP contribution in [-0.2, 0) is 6.54 Å². The first kappa shape index (κ1) is 14.6. The largest absolute Gasteiger partial charge is 0.475 e. The Hall–Kier alpha value is -1.78. The summed E-state index contributed by atoms with van der Waals surface area (Å²) in [6, 6.07) is 3.86. The normalized spacial score (nSPS) is 15.8. The fraction of sp³-hybridized carbons (Fsp3) is 0.600. The average molecular weight is 277 g/mol. The topological polar surface area (TPSA) is 63.2 Å². The maximum Gasteiger partial charge on any atom is 0.315 e. The van der Waals surface area contributed by atoms with Crippen molar-refractivity contribution in [2.45, 2.75) is 52.3 Å². The molecular weight excluding hydrogens is 254 g/mol. The van der Waals surface area contributed by atoms with Crippen molar-refractivity contribution in [3.63, 3.8) is 0 Å².